The molecule has 3 N–H and O–H groups in total. The van der Waals surface area contributed by atoms with E-state index in [0.717, 1.165) is 0 Å². The Hall–Kier alpha value is -3.95. The molecular weight excluding hydrogens is 438 g/mol. The van der Waals surface area contributed by atoms with Gasteiger partial charge in [-0.15, -0.1) is 0 Å². The van der Waals surface area contributed by atoms with Crippen LogP contribution in [-0.4, -0.2) is 45.2 Å². The molecule has 0 aliphatic carbocycles. The maximum Gasteiger partial charge on any atom is 0.387 e. The highest BCUT2D eigenvalue weighted by molar-refractivity contribution is 6.05. The van der Waals surface area contributed by atoms with Crippen molar-refractivity contribution in [3.8, 4) is 11.5 Å². The SMILES string of the molecule is Cc1c(CC(=O)NC(C)CC(=O)O)c2cc(O)ccc2n1C(=O)c1ccc(OC(F)F)cc1. The number of phenols is 1. The number of benzene rings is 2. The van der Waals surface area contributed by atoms with Crippen molar-refractivity contribution in [1.82, 2.24) is 9.88 Å². The lowest BCUT2D eigenvalue weighted by molar-refractivity contribution is -0.137. The largest absolute Gasteiger partial charge is 0.508 e. The van der Waals surface area contributed by atoms with Crippen LogP contribution in [0.25, 0.3) is 10.9 Å². The molecule has 33 heavy (non-hydrogen) atoms. The molecule has 1 amide bonds. The second-order valence-electron chi connectivity index (χ2n) is 7.55. The quantitative estimate of drug-likeness (QED) is 0.474. The molecule has 1 heterocycles. The first-order valence-electron chi connectivity index (χ1n) is 10.0. The van der Waals surface area contributed by atoms with Gasteiger partial charge in [0.2, 0.25) is 5.91 Å². The number of hydrogen-bond donors (Lipinski definition) is 3. The minimum Gasteiger partial charge on any atom is -0.508 e. The van der Waals surface area contributed by atoms with Crippen molar-refractivity contribution in [3.05, 3.63) is 59.3 Å². The van der Waals surface area contributed by atoms with E-state index in [0.29, 0.717) is 22.2 Å². The van der Waals surface area contributed by atoms with Crippen LogP contribution in [0.4, 0.5) is 8.78 Å². The average molecular weight is 460 g/mol. The highest BCUT2D eigenvalue weighted by Crippen LogP contribution is 2.30. The molecule has 0 bridgehead atoms. The Labute approximate surface area is 187 Å². The van der Waals surface area contributed by atoms with Crippen LogP contribution in [0.2, 0.25) is 0 Å². The minimum absolute atomic E-state index is 0.0542. The van der Waals surface area contributed by atoms with Crippen LogP contribution in [-0.2, 0) is 16.0 Å². The number of carbonyl (C=O) groups is 3. The second-order valence-corrected chi connectivity index (χ2v) is 7.55. The van der Waals surface area contributed by atoms with Gasteiger partial charge in [0, 0.05) is 22.7 Å². The number of ether oxygens (including phenoxy) is 1. The Morgan fingerprint density at radius 3 is 2.39 bits per heavy atom. The monoisotopic (exact) mass is 460 g/mol. The Morgan fingerprint density at radius 1 is 1.12 bits per heavy atom. The van der Waals surface area contributed by atoms with E-state index in [9.17, 15) is 28.3 Å². The van der Waals surface area contributed by atoms with E-state index >= 15 is 0 Å². The number of alkyl halides is 2. The number of carboxylic acid groups (broad SMARTS) is 1. The average Bonchev–Trinajstić information content (AvgIpc) is 2.97. The van der Waals surface area contributed by atoms with Gasteiger partial charge in [0.25, 0.3) is 5.91 Å². The summed E-state index contributed by atoms with van der Waals surface area (Å²) in [6.07, 6.45) is -0.381. The summed E-state index contributed by atoms with van der Waals surface area (Å²) >= 11 is 0. The number of aliphatic carboxylic acids is 1. The van der Waals surface area contributed by atoms with Crippen LogP contribution in [0.3, 0.4) is 0 Å². The summed E-state index contributed by atoms with van der Waals surface area (Å²) in [5.41, 5.74) is 1.60. The lowest BCUT2D eigenvalue weighted by Gasteiger charge is -2.12. The van der Waals surface area contributed by atoms with Gasteiger partial charge in [0.15, 0.2) is 0 Å². The Balaban J connectivity index is 1.96. The molecule has 0 saturated carbocycles. The van der Waals surface area contributed by atoms with E-state index in [1.165, 1.54) is 47.0 Å². The molecule has 3 rings (SSSR count). The fourth-order valence-electron chi connectivity index (χ4n) is 3.66. The number of phenolic OH excluding ortho intramolecular Hbond substituents is 1. The standard InChI is InChI=1S/C23H22F2N2O6/c1-12(9-21(30)31)26-20(29)11-17-13(2)27(19-8-5-15(28)10-18(17)19)22(32)14-3-6-16(7-4-14)33-23(24)25/h3-8,10,12,23,28H,9,11H2,1-2H3,(H,26,29)(H,30,31). The van der Waals surface area contributed by atoms with Crippen LogP contribution in [0.15, 0.2) is 42.5 Å². The van der Waals surface area contributed by atoms with Gasteiger partial charge < -0.3 is 20.3 Å². The molecular formula is C23H22F2N2O6. The Morgan fingerprint density at radius 2 is 1.79 bits per heavy atom. The number of aromatic hydroxyl groups is 1. The summed E-state index contributed by atoms with van der Waals surface area (Å²) in [6.45, 7) is 0.229. The third-order valence-corrected chi connectivity index (χ3v) is 5.07. The minimum atomic E-state index is -2.98. The van der Waals surface area contributed by atoms with Crippen molar-refractivity contribution < 1.29 is 38.1 Å². The predicted octanol–water partition coefficient (Wildman–Crippen LogP) is 3.47. The van der Waals surface area contributed by atoms with Crippen molar-refractivity contribution in [1.29, 1.82) is 0 Å². The molecule has 3 aromatic rings. The maximum absolute atomic E-state index is 13.2. The van der Waals surface area contributed by atoms with Gasteiger partial charge in [0.1, 0.15) is 11.5 Å². The van der Waals surface area contributed by atoms with Gasteiger partial charge in [0.05, 0.1) is 18.4 Å². The molecule has 1 unspecified atom stereocenters. The molecule has 0 aliphatic rings. The van der Waals surface area contributed by atoms with E-state index in [-0.39, 0.29) is 29.9 Å². The lowest BCUT2D eigenvalue weighted by Crippen LogP contribution is -2.35. The summed E-state index contributed by atoms with van der Waals surface area (Å²) in [4.78, 5) is 36.6. The zero-order valence-corrected chi connectivity index (χ0v) is 17.8. The van der Waals surface area contributed by atoms with Crippen molar-refractivity contribution in [3.63, 3.8) is 0 Å². The van der Waals surface area contributed by atoms with Crippen molar-refractivity contribution in [2.24, 2.45) is 0 Å². The number of carboxylic acids is 1. The first-order valence-corrected chi connectivity index (χ1v) is 10.0. The zero-order chi connectivity index (χ0) is 24.3. The van der Waals surface area contributed by atoms with Crippen LogP contribution in [0.1, 0.15) is 35.0 Å². The van der Waals surface area contributed by atoms with Gasteiger partial charge in [-0.25, -0.2) is 0 Å². The summed E-state index contributed by atoms with van der Waals surface area (Å²) in [6, 6.07) is 9.01. The van der Waals surface area contributed by atoms with Gasteiger partial charge in [-0.1, -0.05) is 0 Å². The van der Waals surface area contributed by atoms with Crippen molar-refractivity contribution in [2.45, 2.75) is 39.3 Å². The highest BCUT2D eigenvalue weighted by Gasteiger charge is 2.23. The summed E-state index contributed by atoms with van der Waals surface area (Å²) in [5, 5.41) is 21.9. The number of rotatable bonds is 8. The first kappa shape index (κ1) is 23.7. The molecule has 0 radical (unpaired) electrons. The van der Waals surface area contributed by atoms with Gasteiger partial charge in [-0.3, -0.25) is 19.0 Å². The fraction of sp³-hybridized carbons (Fsp3) is 0.261. The maximum atomic E-state index is 13.2. The normalized spacial score (nSPS) is 12.0. The summed E-state index contributed by atoms with van der Waals surface area (Å²) in [5.74, 6) is -2.08. The molecule has 2 aromatic carbocycles. The molecule has 8 nitrogen and oxygen atoms in total. The van der Waals surface area contributed by atoms with E-state index in [4.69, 9.17) is 5.11 Å². The zero-order valence-electron chi connectivity index (χ0n) is 17.8. The van der Waals surface area contributed by atoms with Crippen LogP contribution in [0.5, 0.6) is 11.5 Å². The molecule has 174 valence electrons. The molecule has 10 heteroatoms. The summed E-state index contributed by atoms with van der Waals surface area (Å²) in [7, 11) is 0. The number of fused-ring (bicyclic) bond motifs is 1. The van der Waals surface area contributed by atoms with Gasteiger partial charge in [-0.2, -0.15) is 8.78 Å². The molecule has 0 aliphatic heterocycles. The van der Waals surface area contributed by atoms with Crippen LogP contribution in [0, 0.1) is 6.92 Å². The van der Waals surface area contributed by atoms with Gasteiger partial charge in [-0.05, 0) is 61.9 Å². The molecule has 0 fully saturated rings. The number of hydrogen-bond acceptors (Lipinski definition) is 5. The molecule has 1 aromatic heterocycles. The van der Waals surface area contributed by atoms with E-state index in [1.54, 1.807) is 13.8 Å². The number of amides is 1. The molecule has 0 saturated heterocycles. The van der Waals surface area contributed by atoms with Crippen LogP contribution < -0.4 is 10.1 Å². The third-order valence-electron chi connectivity index (χ3n) is 5.07. The Kier molecular flexibility index (Phi) is 6.95. The Bertz CT molecular complexity index is 1200. The smallest absolute Gasteiger partial charge is 0.387 e. The number of carbonyl (C=O) groups excluding carboxylic acids is 2. The topological polar surface area (TPSA) is 118 Å². The third kappa shape index (κ3) is 5.46. The van der Waals surface area contributed by atoms with E-state index in [2.05, 4.69) is 10.1 Å². The second kappa shape index (κ2) is 9.68. The highest BCUT2D eigenvalue weighted by atomic mass is 19.3. The number of nitrogens with zero attached hydrogens (tertiary/aromatic N) is 1. The molecule has 1 atom stereocenters. The fourth-order valence-corrected chi connectivity index (χ4v) is 3.66. The first-order chi connectivity index (χ1) is 15.6. The summed E-state index contributed by atoms with van der Waals surface area (Å²) < 4.78 is 30.4. The predicted molar refractivity (Wildman–Crippen MR) is 115 cm³/mol. The van der Waals surface area contributed by atoms with E-state index < -0.39 is 30.4 Å². The number of halogens is 2. The van der Waals surface area contributed by atoms with Crippen LogP contribution >= 0.6 is 0 Å². The molecule has 0 spiro atoms. The number of aromatic nitrogens is 1. The van der Waals surface area contributed by atoms with Crippen molar-refractivity contribution in [2.75, 3.05) is 0 Å². The van der Waals surface area contributed by atoms with Gasteiger partial charge >= 0.3 is 12.6 Å². The van der Waals surface area contributed by atoms with Crippen molar-refractivity contribution >= 4 is 28.7 Å². The number of nitrogens with one attached hydrogen (secondary N) is 1. The van der Waals surface area contributed by atoms with E-state index in [1.807, 2.05) is 0 Å². The lowest BCUT2D eigenvalue weighted by atomic mass is 10.1.